The van der Waals surface area contributed by atoms with Gasteiger partial charge in [0, 0.05) is 29.6 Å². The molecule has 0 radical (unpaired) electrons. The molecule has 0 spiro atoms. The number of halogens is 2. The van der Waals surface area contributed by atoms with Crippen LogP contribution >= 0.6 is 23.2 Å². The molecule has 0 bridgehead atoms. The van der Waals surface area contributed by atoms with E-state index in [4.69, 9.17) is 23.2 Å². The van der Waals surface area contributed by atoms with Crippen molar-refractivity contribution in [3.63, 3.8) is 0 Å². The number of benzene rings is 4. The van der Waals surface area contributed by atoms with Gasteiger partial charge < -0.3 is 10.2 Å². The van der Waals surface area contributed by atoms with E-state index in [9.17, 15) is 18.0 Å². The van der Waals surface area contributed by atoms with Crippen LogP contribution in [0.3, 0.4) is 0 Å². The lowest BCUT2D eigenvalue weighted by Crippen LogP contribution is -2.53. The van der Waals surface area contributed by atoms with Gasteiger partial charge in [0.05, 0.1) is 10.6 Å². The van der Waals surface area contributed by atoms with Gasteiger partial charge in [0.25, 0.3) is 10.0 Å². The summed E-state index contributed by atoms with van der Waals surface area (Å²) in [6, 6.07) is 26.9. The molecule has 0 aliphatic carbocycles. The summed E-state index contributed by atoms with van der Waals surface area (Å²) in [5.41, 5.74) is 3.40. The topological polar surface area (TPSA) is 86.8 Å². The molecule has 0 aliphatic heterocycles. The van der Waals surface area contributed by atoms with Crippen LogP contribution in [0.15, 0.2) is 102 Å². The number of amides is 2. The van der Waals surface area contributed by atoms with Gasteiger partial charge in [-0.2, -0.15) is 0 Å². The summed E-state index contributed by atoms with van der Waals surface area (Å²) in [6.07, 6.45) is 1.91. The Bertz CT molecular complexity index is 1730. The van der Waals surface area contributed by atoms with Crippen LogP contribution in [0.25, 0.3) is 0 Å². The second kappa shape index (κ2) is 16.1. The Labute approximate surface area is 282 Å². The summed E-state index contributed by atoms with van der Waals surface area (Å²) >= 11 is 12.5. The summed E-state index contributed by atoms with van der Waals surface area (Å²) < 4.78 is 29.6. The number of sulfonamides is 1. The second-order valence-electron chi connectivity index (χ2n) is 11.3. The van der Waals surface area contributed by atoms with Gasteiger partial charge in [-0.25, -0.2) is 8.42 Å². The van der Waals surface area contributed by atoms with Crippen molar-refractivity contribution in [2.45, 2.75) is 57.5 Å². The number of nitrogens with zero attached hydrogens (tertiary/aromatic N) is 2. The number of nitrogens with one attached hydrogen (secondary N) is 1. The van der Waals surface area contributed by atoms with Gasteiger partial charge in [-0.15, -0.1) is 0 Å². The number of hydrogen-bond donors (Lipinski definition) is 1. The Hall–Kier alpha value is -3.85. The fourth-order valence-corrected chi connectivity index (χ4v) is 6.81. The largest absolute Gasteiger partial charge is 0.354 e. The third-order valence-corrected chi connectivity index (χ3v) is 9.96. The van der Waals surface area contributed by atoms with E-state index in [0.717, 1.165) is 33.8 Å². The van der Waals surface area contributed by atoms with Gasteiger partial charge in [0.2, 0.25) is 11.8 Å². The minimum atomic E-state index is -4.23. The summed E-state index contributed by atoms with van der Waals surface area (Å²) in [6.45, 7) is 5.62. The summed E-state index contributed by atoms with van der Waals surface area (Å²) in [4.78, 5) is 29.9. The van der Waals surface area contributed by atoms with Gasteiger partial charge in [-0.05, 0) is 73.4 Å². The third kappa shape index (κ3) is 9.12. The van der Waals surface area contributed by atoms with Crippen LogP contribution in [0.5, 0.6) is 0 Å². The Balaban J connectivity index is 1.81. The lowest BCUT2D eigenvalue weighted by atomic mass is 10.0. The predicted octanol–water partition coefficient (Wildman–Crippen LogP) is 7.36. The molecule has 0 aliphatic rings. The van der Waals surface area contributed by atoms with Gasteiger partial charge in [0.15, 0.2) is 0 Å². The zero-order chi connectivity index (χ0) is 33.3. The van der Waals surface area contributed by atoms with Crippen molar-refractivity contribution in [3.8, 4) is 0 Å². The Kier molecular flexibility index (Phi) is 12.3. The molecule has 10 heteroatoms. The molecule has 0 unspecified atom stereocenters. The molecule has 4 rings (SSSR count). The standard InChI is InChI=1S/C36H39Cl2N3O4S/c1-4-5-21-39-36(43)34(22-28-9-7-6-8-10-28)40(24-29-14-17-30(37)18-15-29)35(42)25-41(33-23-31(38)16-13-27(33)3)46(44,45)32-19-11-26(2)12-20-32/h6-20,23,34H,4-5,21-22,24-25H2,1-3H3,(H,39,43)/t34-/m0/s1. The van der Waals surface area contributed by atoms with E-state index in [1.807, 2.05) is 44.2 Å². The minimum Gasteiger partial charge on any atom is -0.354 e. The molecule has 1 atom stereocenters. The highest BCUT2D eigenvalue weighted by atomic mass is 35.5. The van der Waals surface area contributed by atoms with Crippen LogP contribution in [0.2, 0.25) is 10.0 Å². The van der Waals surface area contributed by atoms with Crippen LogP contribution in [0.4, 0.5) is 5.69 Å². The van der Waals surface area contributed by atoms with Crippen molar-refractivity contribution in [2.75, 3.05) is 17.4 Å². The monoisotopic (exact) mass is 679 g/mol. The highest BCUT2D eigenvalue weighted by Crippen LogP contribution is 2.30. The van der Waals surface area contributed by atoms with Crippen molar-refractivity contribution in [3.05, 3.63) is 129 Å². The van der Waals surface area contributed by atoms with Crippen molar-refractivity contribution in [2.24, 2.45) is 0 Å². The number of carbonyl (C=O) groups excluding carboxylic acids is 2. The van der Waals surface area contributed by atoms with Crippen molar-refractivity contribution in [1.82, 2.24) is 10.2 Å². The average Bonchev–Trinajstić information content (AvgIpc) is 3.04. The quantitative estimate of drug-likeness (QED) is 0.141. The highest BCUT2D eigenvalue weighted by molar-refractivity contribution is 7.92. The lowest BCUT2D eigenvalue weighted by Gasteiger charge is -2.34. The molecule has 7 nitrogen and oxygen atoms in total. The highest BCUT2D eigenvalue weighted by Gasteiger charge is 2.35. The second-order valence-corrected chi connectivity index (χ2v) is 14.0. The number of aryl methyl sites for hydroxylation is 2. The Morgan fingerprint density at radius 2 is 1.48 bits per heavy atom. The van der Waals surface area contributed by atoms with Crippen LogP contribution in [-0.2, 0) is 32.6 Å². The smallest absolute Gasteiger partial charge is 0.264 e. The van der Waals surface area contributed by atoms with E-state index in [-0.39, 0.29) is 29.5 Å². The molecular weight excluding hydrogens is 641 g/mol. The van der Waals surface area contributed by atoms with E-state index in [2.05, 4.69) is 5.32 Å². The summed E-state index contributed by atoms with van der Waals surface area (Å²) in [7, 11) is -4.23. The van der Waals surface area contributed by atoms with E-state index in [1.165, 1.54) is 17.0 Å². The fourth-order valence-electron chi connectivity index (χ4n) is 5.05. The van der Waals surface area contributed by atoms with Crippen LogP contribution in [-0.4, -0.2) is 44.3 Å². The molecule has 4 aromatic rings. The maximum Gasteiger partial charge on any atom is 0.264 e. The van der Waals surface area contributed by atoms with Gasteiger partial charge in [-0.3, -0.25) is 13.9 Å². The lowest BCUT2D eigenvalue weighted by molar-refractivity contribution is -0.140. The first-order valence-electron chi connectivity index (χ1n) is 15.2. The molecule has 0 fully saturated rings. The van der Waals surface area contributed by atoms with Crippen molar-refractivity contribution >= 4 is 50.7 Å². The van der Waals surface area contributed by atoms with Crippen molar-refractivity contribution < 1.29 is 18.0 Å². The van der Waals surface area contributed by atoms with E-state index in [1.54, 1.807) is 61.5 Å². The van der Waals surface area contributed by atoms with Crippen LogP contribution < -0.4 is 9.62 Å². The third-order valence-electron chi connectivity index (χ3n) is 7.69. The molecule has 242 valence electrons. The number of rotatable bonds is 14. The van der Waals surface area contributed by atoms with Gasteiger partial charge in [-0.1, -0.05) is 103 Å². The summed E-state index contributed by atoms with van der Waals surface area (Å²) in [5, 5.41) is 3.85. The first-order valence-corrected chi connectivity index (χ1v) is 17.4. The molecule has 0 heterocycles. The molecule has 2 amide bonds. The predicted molar refractivity (Wildman–Crippen MR) is 186 cm³/mol. The molecule has 46 heavy (non-hydrogen) atoms. The normalized spacial score (nSPS) is 11.9. The maximum atomic E-state index is 14.6. The first kappa shape index (κ1) is 35.0. The number of anilines is 1. The van der Waals surface area contributed by atoms with E-state index in [0.29, 0.717) is 22.2 Å². The molecule has 0 saturated heterocycles. The van der Waals surface area contributed by atoms with Gasteiger partial charge in [0.1, 0.15) is 12.6 Å². The van der Waals surface area contributed by atoms with E-state index >= 15 is 0 Å². The Morgan fingerprint density at radius 1 is 0.826 bits per heavy atom. The number of hydrogen-bond acceptors (Lipinski definition) is 4. The first-order chi connectivity index (χ1) is 22.0. The fraction of sp³-hybridized carbons (Fsp3) is 0.278. The molecule has 4 aromatic carbocycles. The number of unbranched alkanes of at least 4 members (excludes halogenated alkanes) is 1. The zero-order valence-electron chi connectivity index (χ0n) is 26.2. The molecule has 0 saturated carbocycles. The molecule has 0 aromatic heterocycles. The molecular formula is C36H39Cl2N3O4S. The van der Waals surface area contributed by atoms with Crippen LogP contribution in [0, 0.1) is 13.8 Å². The Morgan fingerprint density at radius 3 is 2.13 bits per heavy atom. The number of carbonyl (C=O) groups is 2. The van der Waals surface area contributed by atoms with Crippen LogP contribution in [0.1, 0.15) is 42.0 Å². The summed E-state index contributed by atoms with van der Waals surface area (Å²) in [5.74, 6) is -0.858. The van der Waals surface area contributed by atoms with E-state index < -0.39 is 28.5 Å². The SMILES string of the molecule is CCCCNC(=O)[C@H](Cc1ccccc1)N(Cc1ccc(Cl)cc1)C(=O)CN(c1cc(Cl)ccc1C)S(=O)(=O)c1ccc(C)cc1. The minimum absolute atomic E-state index is 0.0349. The average molecular weight is 681 g/mol. The van der Waals surface area contributed by atoms with Gasteiger partial charge >= 0.3 is 0 Å². The van der Waals surface area contributed by atoms with Crippen molar-refractivity contribution in [1.29, 1.82) is 0 Å². The maximum absolute atomic E-state index is 14.6. The zero-order valence-corrected chi connectivity index (χ0v) is 28.6. The molecule has 1 N–H and O–H groups in total.